The molecular weight excluding hydrogens is 424 g/mol. The second-order valence-electron chi connectivity index (χ2n) is 12.5. The Morgan fingerprint density at radius 1 is 0.636 bits per heavy atom. The molecule has 192 valence electrons. The average molecular weight is 471 g/mol. The standard InChI is InChI=1S/C25H46N2O6/c1-22(2)14-18(15-23(3,4)26(22)30)32-20(28)12-10-9-11-13-21(29)33-19-16-24(5,6)27(31)25(7,8)17-19/h18-19,30-31H,9-17H2,1-8H3. The molecular formula is C25H46N2O6. The van der Waals surface area contributed by atoms with Gasteiger partial charge in [-0.25, -0.2) is 0 Å². The van der Waals surface area contributed by atoms with Gasteiger partial charge in [-0.1, -0.05) is 6.42 Å². The molecule has 8 heteroatoms. The maximum Gasteiger partial charge on any atom is 0.306 e. The van der Waals surface area contributed by atoms with Crippen molar-refractivity contribution in [3.63, 3.8) is 0 Å². The van der Waals surface area contributed by atoms with Gasteiger partial charge in [-0.2, -0.15) is 10.1 Å². The van der Waals surface area contributed by atoms with E-state index in [0.29, 0.717) is 51.4 Å². The van der Waals surface area contributed by atoms with Crippen molar-refractivity contribution < 1.29 is 29.5 Å². The van der Waals surface area contributed by atoms with E-state index in [1.165, 1.54) is 10.1 Å². The Bertz CT molecular complexity index is 609. The summed E-state index contributed by atoms with van der Waals surface area (Å²) < 4.78 is 11.4. The van der Waals surface area contributed by atoms with Gasteiger partial charge in [0.15, 0.2) is 0 Å². The van der Waals surface area contributed by atoms with Crippen LogP contribution >= 0.6 is 0 Å². The van der Waals surface area contributed by atoms with Crippen molar-refractivity contribution in [3.8, 4) is 0 Å². The number of nitrogens with zero attached hydrogens (tertiary/aromatic N) is 2. The zero-order chi connectivity index (χ0) is 25.2. The van der Waals surface area contributed by atoms with Crippen LogP contribution in [0.5, 0.6) is 0 Å². The first-order chi connectivity index (χ1) is 15.0. The lowest BCUT2D eigenvalue weighted by Gasteiger charge is -2.50. The summed E-state index contributed by atoms with van der Waals surface area (Å²) in [5.74, 6) is -0.443. The lowest BCUT2D eigenvalue weighted by Crippen LogP contribution is -2.60. The molecule has 0 aromatic rings. The van der Waals surface area contributed by atoms with Crippen LogP contribution < -0.4 is 0 Å². The highest BCUT2D eigenvalue weighted by molar-refractivity contribution is 5.70. The molecule has 2 aliphatic heterocycles. The fourth-order valence-electron chi connectivity index (χ4n) is 5.73. The first kappa shape index (κ1) is 28.0. The normalized spacial score (nSPS) is 25.5. The Morgan fingerprint density at radius 2 is 0.909 bits per heavy atom. The molecule has 0 radical (unpaired) electrons. The zero-order valence-electron chi connectivity index (χ0n) is 21.9. The van der Waals surface area contributed by atoms with E-state index in [4.69, 9.17) is 9.47 Å². The van der Waals surface area contributed by atoms with E-state index in [1.807, 2.05) is 55.4 Å². The van der Waals surface area contributed by atoms with Gasteiger partial charge in [0.05, 0.1) is 0 Å². The van der Waals surface area contributed by atoms with Crippen LogP contribution in [0.1, 0.15) is 113 Å². The van der Waals surface area contributed by atoms with E-state index in [-0.39, 0.29) is 24.1 Å². The molecule has 0 bridgehead atoms. The number of hydroxylamine groups is 4. The molecule has 0 aromatic carbocycles. The number of unbranched alkanes of at least 4 members (excludes halogenated alkanes) is 2. The Kier molecular flexibility index (Phi) is 8.64. The summed E-state index contributed by atoms with van der Waals surface area (Å²) in [7, 11) is 0. The van der Waals surface area contributed by atoms with Crippen molar-refractivity contribution >= 4 is 11.9 Å². The van der Waals surface area contributed by atoms with Gasteiger partial charge >= 0.3 is 11.9 Å². The molecule has 2 aliphatic rings. The lowest BCUT2D eigenvalue weighted by molar-refractivity contribution is -0.259. The Hall–Kier alpha value is -1.22. The van der Waals surface area contributed by atoms with Crippen LogP contribution in [0.3, 0.4) is 0 Å². The fourth-order valence-corrected chi connectivity index (χ4v) is 5.73. The number of carbonyl (C=O) groups excluding carboxylic acids is 2. The predicted octanol–water partition coefficient (Wildman–Crippen LogP) is 4.84. The Balaban J connectivity index is 1.66. The molecule has 2 saturated heterocycles. The van der Waals surface area contributed by atoms with Gasteiger partial charge in [0.25, 0.3) is 0 Å². The lowest BCUT2D eigenvalue weighted by atomic mass is 9.80. The number of hydrogen-bond donors (Lipinski definition) is 2. The number of carbonyl (C=O) groups is 2. The van der Waals surface area contributed by atoms with Crippen molar-refractivity contribution in [2.75, 3.05) is 0 Å². The number of esters is 2. The van der Waals surface area contributed by atoms with E-state index >= 15 is 0 Å². The largest absolute Gasteiger partial charge is 0.462 e. The minimum absolute atomic E-state index is 0.209. The number of rotatable bonds is 8. The van der Waals surface area contributed by atoms with E-state index in [1.54, 1.807) is 0 Å². The quantitative estimate of drug-likeness (QED) is 0.384. The van der Waals surface area contributed by atoms with Crippen LogP contribution in [-0.2, 0) is 19.1 Å². The van der Waals surface area contributed by atoms with Crippen LogP contribution in [0.15, 0.2) is 0 Å². The van der Waals surface area contributed by atoms with Gasteiger partial charge in [-0.3, -0.25) is 9.59 Å². The van der Waals surface area contributed by atoms with Crippen LogP contribution in [-0.4, -0.2) is 66.8 Å². The Labute approximate surface area is 199 Å². The van der Waals surface area contributed by atoms with Gasteiger partial charge in [0.2, 0.25) is 0 Å². The van der Waals surface area contributed by atoms with Crippen LogP contribution in [0, 0.1) is 0 Å². The summed E-state index contributed by atoms with van der Waals surface area (Å²) in [6, 6.07) is 0. The molecule has 2 N–H and O–H groups in total. The highest BCUT2D eigenvalue weighted by Gasteiger charge is 2.47. The molecule has 0 aromatic heterocycles. The maximum atomic E-state index is 12.3. The summed E-state index contributed by atoms with van der Waals surface area (Å²) in [5.41, 5.74) is -1.81. The number of hydrogen-bond acceptors (Lipinski definition) is 8. The van der Waals surface area contributed by atoms with Crippen molar-refractivity contribution in [1.82, 2.24) is 10.1 Å². The number of piperidine rings is 2. The molecule has 0 saturated carbocycles. The Morgan fingerprint density at radius 3 is 1.18 bits per heavy atom. The van der Waals surface area contributed by atoms with Crippen molar-refractivity contribution in [1.29, 1.82) is 0 Å². The summed E-state index contributed by atoms with van der Waals surface area (Å²) in [6.45, 7) is 15.6. The molecule has 33 heavy (non-hydrogen) atoms. The van der Waals surface area contributed by atoms with Gasteiger partial charge in [-0.15, -0.1) is 0 Å². The molecule has 2 heterocycles. The van der Waals surface area contributed by atoms with E-state index in [2.05, 4.69) is 0 Å². The number of ether oxygens (including phenoxy) is 2. The highest BCUT2D eigenvalue weighted by atomic mass is 16.6. The monoisotopic (exact) mass is 470 g/mol. The summed E-state index contributed by atoms with van der Waals surface area (Å²) >= 11 is 0. The van der Waals surface area contributed by atoms with E-state index in [0.717, 1.165) is 6.42 Å². The summed E-state index contributed by atoms with van der Waals surface area (Å²) in [6.07, 6.45) is 4.68. The smallest absolute Gasteiger partial charge is 0.306 e. The third-order valence-corrected chi connectivity index (χ3v) is 7.06. The first-order valence-electron chi connectivity index (χ1n) is 12.3. The minimum atomic E-state index is -0.453. The van der Waals surface area contributed by atoms with Crippen molar-refractivity contribution in [2.24, 2.45) is 0 Å². The molecule has 2 rings (SSSR count). The fraction of sp³-hybridized carbons (Fsp3) is 0.920. The minimum Gasteiger partial charge on any atom is -0.462 e. The summed E-state index contributed by atoms with van der Waals surface area (Å²) in [4.78, 5) is 24.6. The van der Waals surface area contributed by atoms with Crippen LogP contribution in [0.25, 0.3) is 0 Å². The molecule has 0 spiro atoms. The van der Waals surface area contributed by atoms with Gasteiger partial charge in [0.1, 0.15) is 12.2 Å². The van der Waals surface area contributed by atoms with Gasteiger partial charge in [0, 0.05) is 60.7 Å². The van der Waals surface area contributed by atoms with Gasteiger partial charge < -0.3 is 19.9 Å². The molecule has 0 unspecified atom stereocenters. The highest BCUT2D eigenvalue weighted by Crippen LogP contribution is 2.39. The molecule has 2 fully saturated rings. The van der Waals surface area contributed by atoms with Crippen LogP contribution in [0.4, 0.5) is 0 Å². The third-order valence-electron chi connectivity index (χ3n) is 7.06. The van der Waals surface area contributed by atoms with Crippen molar-refractivity contribution in [3.05, 3.63) is 0 Å². The van der Waals surface area contributed by atoms with E-state index in [9.17, 15) is 20.0 Å². The zero-order valence-corrected chi connectivity index (χ0v) is 21.9. The van der Waals surface area contributed by atoms with E-state index < -0.39 is 22.2 Å². The topological polar surface area (TPSA) is 99.5 Å². The predicted molar refractivity (Wildman–Crippen MR) is 125 cm³/mol. The third kappa shape index (κ3) is 7.38. The van der Waals surface area contributed by atoms with Crippen molar-refractivity contribution in [2.45, 2.75) is 148 Å². The second-order valence-corrected chi connectivity index (χ2v) is 12.5. The van der Waals surface area contributed by atoms with Crippen LogP contribution in [0.2, 0.25) is 0 Å². The SMILES string of the molecule is CC1(C)CC(OC(=O)CCCCCC(=O)OC2CC(C)(C)N(O)C(C)(C)C2)CC(C)(C)N1O. The molecule has 0 aliphatic carbocycles. The van der Waals surface area contributed by atoms with Gasteiger partial charge in [-0.05, 0) is 68.2 Å². The summed E-state index contributed by atoms with van der Waals surface area (Å²) in [5, 5.41) is 23.5. The first-order valence-corrected chi connectivity index (χ1v) is 12.3. The second kappa shape index (κ2) is 10.2. The molecule has 0 amide bonds. The maximum absolute atomic E-state index is 12.3. The molecule has 8 nitrogen and oxygen atoms in total. The average Bonchev–Trinajstić information content (AvgIpc) is 2.62. The molecule has 0 atom stereocenters.